The quantitative estimate of drug-likeness (QED) is 0.712. The van der Waals surface area contributed by atoms with Crippen LogP contribution in [0.3, 0.4) is 0 Å². The van der Waals surface area contributed by atoms with Crippen molar-refractivity contribution in [2.75, 3.05) is 6.54 Å². The minimum atomic E-state index is -0.396. The Hall–Kier alpha value is -0.570. The van der Waals surface area contributed by atoms with Gasteiger partial charge in [-0.3, -0.25) is 4.79 Å². The number of esters is 1. The van der Waals surface area contributed by atoms with Crippen molar-refractivity contribution in [1.82, 2.24) is 0 Å². The molecule has 2 N–H and O–H groups in total. The van der Waals surface area contributed by atoms with Crippen LogP contribution >= 0.6 is 0 Å². The lowest BCUT2D eigenvalue weighted by Gasteiger charge is -2.22. The first kappa shape index (κ1) is 15.4. The largest absolute Gasteiger partial charge is 0.460 e. The molecule has 0 aromatic heterocycles. The van der Waals surface area contributed by atoms with Gasteiger partial charge in [0.25, 0.3) is 0 Å². The highest BCUT2D eigenvalue weighted by Crippen LogP contribution is 2.19. The van der Waals surface area contributed by atoms with Crippen molar-refractivity contribution in [3.05, 3.63) is 0 Å². The number of nitrogens with two attached hydrogens (primary N) is 1. The monoisotopic (exact) mass is 229 g/mol. The van der Waals surface area contributed by atoms with Crippen LogP contribution in [-0.2, 0) is 9.53 Å². The van der Waals surface area contributed by atoms with E-state index in [0.29, 0.717) is 18.9 Å². The number of carbonyl (C=O) groups excluding carboxylic acids is 1. The highest BCUT2D eigenvalue weighted by Gasteiger charge is 2.20. The molecule has 0 saturated heterocycles. The molecule has 0 spiro atoms. The maximum atomic E-state index is 11.6. The van der Waals surface area contributed by atoms with Crippen molar-refractivity contribution in [3.8, 4) is 0 Å². The van der Waals surface area contributed by atoms with E-state index in [1.807, 2.05) is 20.8 Å². The summed E-state index contributed by atoms with van der Waals surface area (Å²) in [5, 5.41) is 0. The maximum absolute atomic E-state index is 11.6. The van der Waals surface area contributed by atoms with Gasteiger partial charge in [0.1, 0.15) is 5.60 Å². The molecule has 0 rings (SSSR count). The number of rotatable bonds is 6. The van der Waals surface area contributed by atoms with Crippen LogP contribution in [0.5, 0.6) is 0 Å². The lowest BCUT2D eigenvalue weighted by atomic mass is 9.91. The van der Waals surface area contributed by atoms with E-state index in [2.05, 4.69) is 13.8 Å². The van der Waals surface area contributed by atoms with Crippen molar-refractivity contribution in [2.45, 2.75) is 59.5 Å². The fourth-order valence-electron chi connectivity index (χ4n) is 1.62. The summed E-state index contributed by atoms with van der Waals surface area (Å²) in [4.78, 5) is 11.6. The van der Waals surface area contributed by atoms with Gasteiger partial charge in [-0.05, 0) is 45.6 Å². The number of ether oxygens (including phenoxy) is 1. The summed E-state index contributed by atoms with van der Waals surface area (Å²) >= 11 is 0. The van der Waals surface area contributed by atoms with Crippen LogP contribution in [0.15, 0.2) is 0 Å². The molecule has 2 atom stereocenters. The molecule has 0 aromatic rings. The van der Waals surface area contributed by atoms with Gasteiger partial charge in [0.15, 0.2) is 0 Å². The van der Waals surface area contributed by atoms with Crippen LogP contribution in [-0.4, -0.2) is 18.1 Å². The van der Waals surface area contributed by atoms with Crippen LogP contribution in [0.2, 0.25) is 0 Å². The van der Waals surface area contributed by atoms with Gasteiger partial charge in [-0.15, -0.1) is 0 Å². The topological polar surface area (TPSA) is 52.3 Å². The highest BCUT2D eigenvalue weighted by molar-refractivity contribution is 5.70. The number of hydrogen-bond donors (Lipinski definition) is 1. The zero-order valence-electron chi connectivity index (χ0n) is 11.4. The minimum Gasteiger partial charge on any atom is -0.460 e. The van der Waals surface area contributed by atoms with E-state index in [1.54, 1.807) is 0 Å². The van der Waals surface area contributed by atoms with E-state index < -0.39 is 5.60 Å². The molecule has 0 bridgehead atoms. The molecule has 96 valence electrons. The fourth-order valence-corrected chi connectivity index (χ4v) is 1.62. The summed E-state index contributed by atoms with van der Waals surface area (Å²) in [5.41, 5.74) is 5.28. The molecule has 0 heterocycles. The van der Waals surface area contributed by atoms with Gasteiger partial charge in [0.05, 0.1) is 0 Å². The van der Waals surface area contributed by atoms with Crippen molar-refractivity contribution in [3.63, 3.8) is 0 Å². The predicted octanol–water partition coefficient (Wildman–Crippen LogP) is 2.73. The van der Waals surface area contributed by atoms with Crippen LogP contribution < -0.4 is 5.73 Å². The molecule has 0 saturated carbocycles. The molecular formula is C13H27NO2. The molecular weight excluding hydrogens is 202 g/mol. The lowest BCUT2D eigenvalue weighted by Crippen LogP contribution is -2.27. The van der Waals surface area contributed by atoms with E-state index >= 15 is 0 Å². The molecule has 0 aliphatic rings. The Kier molecular flexibility index (Phi) is 6.65. The molecule has 16 heavy (non-hydrogen) atoms. The lowest BCUT2D eigenvalue weighted by molar-refractivity contribution is -0.156. The standard InChI is InChI=1S/C13H27NO2/c1-6-10(2)7-11(9-14)8-12(15)16-13(3,4)5/h10-11H,6-9,14H2,1-5H3/t10-,11-/m0/s1. The Balaban J connectivity index is 4.07. The molecule has 0 aliphatic heterocycles. The third-order valence-corrected chi connectivity index (χ3v) is 2.64. The first-order valence-electron chi connectivity index (χ1n) is 6.20. The Morgan fingerprint density at radius 2 is 1.94 bits per heavy atom. The summed E-state index contributed by atoms with van der Waals surface area (Å²) < 4.78 is 5.29. The summed E-state index contributed by atoms with van der Waals surface area (Å²) in [6, 6.07) is 0. The van der Waals surface area contributed by atoms with E-state index in [1.165, 1.54) is 0 Å². The smallest absolute Gasteiger partial charge is 0.306 e. The minimum absolute atomic E-state index is 0.133. The average molecular weight is 229 g/mol. The molecule has 0 unspecified atom stereocenters. The van der Waals surface area contributed by atoms with E-state index in [0.717, 1.165) is 12.8 Å². The van der Waals surface area contributed by atoms with E-state index in [4.69, 9.17) is 10.5 Å². The zero-order valence-corrected chi connectivity index (χ0v) is 11.4. The first-order chi connectivity index (χ1) is 7.28. The van der Waals surface area contributed by atoms with Crippen molar-refractivity contribution >= 4 is 5.97 Å². The second kappa shape index (κ2) is 6.89. The fraction of sp³-hybridized carbons (Fsp3) is 0.923. The Bertz CT molecular complexity index is 208. The summed E-state index contributed by atoms with van der Waals surface area (Å²) in [7, 11) is 0. The van der Waals surface area contributed by atoms with Crippen LogP contribution in [0.4, 0.5) is 0 Å². The van der Waals surface area contributed by atoms with Crippen LogP contribution in [0.25, 0.3) is 0 Å². The van der Waals surface area contributed by atoms with Gasteiger partial charge in [0, 0.05) is 6.42 Å². The molecule has 0 radical (unpaired) electrons. The average Bonchev–Trinajstić information content (AvgIpc) is 2.13. The van der Waals surface area contributed by atoms with Gasteiger partial charge in [0.2, 0.25) is 0 Å². The third kappa shape index (κ3) is 7.69. The summed E-state index contributed by atoms with van der Waals surface area (Å²) in [6.07, 6.45) is 2.58. The third-order valence-electron chi connectivity index (χ3n) is 2.64. The van der Waals surface area contributed by atoms with E-state index in [9.17, 15) is 4.79 Å². The summed E-state index contributed by atoms with van der Waals surface area (Å²) in [6.45, 7) is 10.6. The van der Waals surface area contributed by atoms with Crippen molar-refractivity contribution < 1.29 is 9.53 Å². The van der Waals surface area contributed by atoms with Gasteiger partial charge < -0.3 is 10.5 Å². The molecule has 0 amide bonds. The van der Waals surface area contributed by atoms with Gasteiger partial charge in [-0.1, -0.05) is 20.3 Å². The van der Waals surface area contributed by atoms with Crippen molar-refractivity contribution in [2.24, 2.45) is 17.6 Å². The van der Waals surface area contributed by atoms with Crippen LogP contribution in [0.1, 0.15) is 53.9 Å². The van der Waals surface area contributed by atoms with Gasteiger partial charge in [-0.25, -0.2) is 0 Å². The number of carbonyl (C=O) groups is 1. The van der Waals surface area contributed by atoms with Gasteiger partial charge >= 0.3 is 5.97 Å². The van der Waals surface area contributed by atoms with E-state index in [-0.39, 0.29) is 11.9 Å². The molecule has 3 heteroatoms. The Labute approximate surface area is 99.7 Å². The molecule has 3 nitrogen and oxygen atoms in total. The van der Waals surface area contributed by atoms with Crippen molar-refractivity contribution in [1.29, 1.82) is 0 Å². The highest BCUT2D eigenvalue weighted by atomic mass is 16.6. The number of hydrogen-bond acceptors (Lipinski definition) is 3. The Morgan fingerprint density at radius 3 is 2.31 bits per heavy atom. The Morgan fingerprint density at radius 1 is 1.38 bits per heavy atom. The van der Waals surface area contributed by atoms with Gasteiger partial charge in [-0.2, -0.15) is 0 Å². The normalized spacial score (nSPS) is 15.6. The van der Waals surface area contributed by atoms with Crippen LogP contribution in [0, 0.1) is 11.8 Å². The second-order valence-electron chi connectivity index (χ2n) is 5.64. The SMILES string of the molecule is CC[C@H](C)C[C@H](CN)CC(=O)OC(C)(C)C. The second-order valence-corrected chi connectivity index (χ2v) is 5.64. The maximum Gasteiger partial charge on any atom is 0.306 e. The molecule has 0 aliphatic carbocycles. The zero-order chi connectivity index (χ0) is 12.8. The summed E-state index contributed by atoms with van der Waals surface area (Å²) in [5.74, 6) is 0.743. The molecule has 0 fully saturated rings. The first-order valence-corrected chi connectivity index (χ1v) is 6.20. The molecule has 0 aromatic carbocycles. The predicted molar refractivity (Wildman–Crippen MR) is 67.1 cm³/mol.